The first kappa shape index (κ1) is 2.10. The van der Waals surface area contributed by atoms with Crippen molar-refractivity contribution < 1.29 is 60.0 Å². The van der Waals surface area contributed by atoms with Gasteiger partial charge in [-0.2, -0.15) is 0 Å². The van der Waals surface area contributed by atoms with Gasteiger partial charge in [0.1, 0.15) is 0 Å². The summed E-state index contributed by atoms with van der Waals surface area (Å²) in [5.41, 5.74) is 0. The smallest absolute Gasteiger partial charge is 0.550 e. The molecule has 3 heteroatoms. The number of carboxylic acids is 1. The Bertz CT molecular complexity index is 536. The second-order valence-corrected chi connectivity index (χ2v) is 1.04. The van der Waals surface area contributed by atoms with Gasteiger partial charge in [-0.05, 0) is 12.7 Å². The first-order chi connectivity index (χ1) is 10.4. The van der Waals surface area contributed by atoms with Crippen molar-refractivity contribution in [2.75, 3.05) is 0 Å². The molecule has 0 fully saturated rings. The molecule has 0 aromatic heterocycles. The fourth-order valence-corrected chi connectivity index (χ4v) is 0.176. The van der Waals surface area contributed by atoms with Crippen molar-refractivity contribution in [1.29, 1.82) is 0 Å². The number of carbonyl (C=O) groups excluding carboxylic acids is 1. The van der Waals surface area contributed by atoms with Crippen LogP contribution >= 0.6 is 0 Å². The summed E-state index contributed by atoms with van der Waals surface area (Å²) in [5.74, 6) is -2.75. The molecule has 0 saturated heterocycles. The van der Waals surface area contributed by atoms with E-state index < -0.39 is 51.1 Å². The Kier molecular flexibility index (Phi) is 2.00. The molecule has 0 radical (unpaired) electrons. The maximum atomic E-state index is 10.8. The summed E-state index contributed by atoms with van der Waals surface area (Å²) in [6.45, 7) is -3.79. The zero-order valence-corrected chi connectivity index (χ0v) is 7.82. The monoisotopic (exact) mass is 181 g/mol. The molecular formula is C8H15NaO2. The minimum absolute atomic E-state index is 0. The third-order valence-corrected chi connectivity index (χ3v) is 0.415. The average Bonchev–Trinajstić information content (AvgIpc) is 2.35. The van der Waals surface area contributed by atoms with Gasteiger partial charge in [-0.1, -0.05) is 32.3 Å². The molecule has 0 atom stereocenters. The van der Waals surface area contributed by atoms with Gasteiger partial charge >= 0.3 is 29.6 Å². The van der Waals surface area contributed by atoms with Crippen molar-refractivity contribution in [3.63, 3.8) is 0 Å². The van der Waals surface area contributed by atoms with Crippen LogP contribution in [-0.4, -0.2) is 5.97 Å². The molecule has 0 unspecified atom stereocenters. The number of carboxylic acid groups (broad SMARTS) is 1. The van der Waals surface area contributed by atoms with Gasteiger partial charge in [0.2, 0.25) is 0 Å². The average molecular weight is 181 g/mol. The Morgan fingerprint density at radius 1 is 1.45 bits per heavy atom. The van der Waals surface area contributed by atoms with Crippen molar-refractivity contribution in [3.8, 4) is 0 Å². The summed E-state index contributed by atoms with van der Waals surface area (Å²) < 4.78 is 110. The van der Waals surface area contributed by atoms with Gasteiger partial charge in [-0.15, -0.1) is 0 Å². The molecule has 0 bridgehead atoms. The number of rotatable bonds is 6. The van der Waals surface area contributed by atoms with E-state index in [4.69, 9.17) is 20.6 Å². The second-order valence-electron chi connectivity index (χ2n) is 1.04. The van der Waals surface area contributed by atoms with Gasteiger partial charge in [0.15, 0.2) is 0 Å². The van der Waals surface area contributed by atoms with Crippen LogP contribution in [-0.2, 0) is 4.79 Å². The fourth-order valence-electron chi connectivity index (χ4n) is 0.176. The third kappa shape index (κ3) is 13.5. The molecule has 0 aromatic rings. The molecule has 0 aromatic carbocycles. The van der Waals surface area contributed by atoms with E-state index in [2.05, 4.69) is 0 Å². The van der Waals surface area contributed by atoms with Crippen LogP contribution < -0.4 is 34.7 Å². The van der Waals surface area contributed by atoms with Crippen LogP contribution in [0.3, 0.4) is 0 Å². The molecule has 0 aliphatic heterocycles. The molecule has 2 nitrogen and oxygen atoms in total. The molecular weight excluding hydrogens is 151 g/mol. The van der Waals surface area contributed by atoms with E-state index in [1.54, 1.807) is 0 Å². The Labute approximate surface area is 112 Å². The molecule has 11 heavy (non-hydrogen) atoms. The summed E-state index contributed by atoms with van der Waals surface area (Å²) in [5, 5.41) is 10.8. The molecule has 0 aliphatic rings. The minimum atomic E-state index is -4.33. The molecule has 0 saturated carbocycles. The Morgan fingerprint density at radius 2 is 2.09 bits per heavy atom. The Balaban J connectivity index is 0. The quantitative estimate of drug-likeness (QED) is 0.449. The van der Waals surface area contributed by atoms with Gasteiger partial charge in [-0.3, -0.25) is 0 Å². The molecule has 60 valence electrons. The van der Waals surface area contributed by atoms with Crippen molar-refractivity contribution in [3.05, 3.63) is 0 Å². The molecule has 0 spiro atoms. The van der Waals surface area contributed by atoms with E-state index >= 15 is 0 Å². The van der Waals surface area contributed by atoms with Gasteiger partial charge in [0, 0.05) is 26.5 Å². The van der Waals surface area contributed by atoms with Crippen molar-refractivity contribution in [2.24, 2.45) is 0 Å². The number of carbonyl (C=O) groups is 1. The van der Waals surface area contributed by atoms with E-state index in [0.717, 1.165) is 0 Å². The van der Waals surface area contributed by atoms with E-state index in [1.807, 2.05) is 0 Å². The normalized spacial score (nSPS) is 38.0. The van der Waals surface area contributed by atoms with Crippen molar-refractivity contribution >= 4 is 5.97 Å². The van der Waals surface area contributed by atoms with Crippen LogP contribution in [0, 0.1) is 0 Å². The fraction of sp³-hybridized carbons (Fsp3) is 0.875. The predicted octanol–water partition coefficient (Wildman–Crippen LogP) is -1.90. The van der Waals surface area contributed by atoms with Crippen LogP contribution in [0.15, 0.2) is 0 Å². The number of hydrogen-bond acceptors (Lipinski definition) is 2. The van der Waals surface area contributed by atoms with Crippen LogP contribution in [0.4, 0.5) is 0 Å². The van der Waals surface area contributed by atoms with Crippen LogP contribution in [0.5, 0.6) is 0 Å². The van der Waals surface area contributed by atoms with Crippen molar-refractivity contribution in [2.45, 2.75) is 45.1 Å². The zero-order valence-electron chi connectivity index (χ0n) is 20.8. The number of aliphatic carboxylic acids is 1. The molecule has 0 rings (SSSR count). The summed E-state index contributed by atoms with van der Waals surface area (Å²) in [4.78, 5) is 10.8. The van der Waals surface area contributed by atoms with Gasteiger partial charge in [0.05, 0.1) is 0 Å². The summed E-state index contributed by atoms with van der Waals surface area (Å²) in [7, 11) is 0. The van der Waals surface area contributed by atoms with E-state index in [0.29, 0.717) is 0 Å². The van der Waals surface area contributed by atoms with Crippen molar-refractivity contribution in [1.82, 2.24) is 0 Å². The topological polar surface area (TPSA) is 40.1 Å². The summed E-state index contributed by atoms with van der Waals surface area (Å²) in [6.07, 6.45) is -25.3. The van der Waals surface area contributed by atoms with Crippen LogP contribution in [0.25, 0.3) is 0 Å². The predicted molar refractivity (Wildman–Crippen MR) is 38.4 cm³/mol. The SMILES string of the molecule is [2H]C([2H])([2H])C([2H])([2H])C([2H])([2H])C([2H])([2H])C([2H])([2H])C([2H])([2H])C([2H])([2H])C(=O)[O-].[Na+]. The zero-order chi connectivity index (χ0) is 21.1. The van der Waals surface area contributed by atoms with E-state index in [1.165, 1.54) is 0 Å². The van der Waals surface area contributed by atoms with E-state index in [9.17, 15) is 9.90 Å². The van der Waals surface area contributed by atoms with Crippen LogP contribution in [0.2, 0.25) is 0 Å². The first-order valence-electron chi connectivity index (χ1n) is 9.66. The molecule has 0 N–H and O–H groups in total. The summed E-state index contributed by atoms with van der Waals surface area (Å²) >= 11 is 0. The molecule has 0 heterocycles. The second kappa shape index (κ2) is 10.5. The van der Waals surface area contributed by atoms with Crippen LogP contribution in [0.1, 0.15) is 65.7 Å². The maximum Gasteiger partial charge on any atom is 1.00 e. The van der Waals surface area contributed by atoms with Gasteiger partial charge < -0.3 is 9.90 Å². The Morgan fingerprint density at radius 3 is 2.64 bits per heavy atom. The van der Waals surface area contributed by atoms with Gasteiger partial charge in [-0.25, -0.2) is 0 Å². The Hall–Kier alpha value is 0.470. The summed E-state index contributed by atoms with van der Waals surface area (Å²) in [6, 6.07) is 0. The van der Waals surface area contributed by atoms with Gasteiger partial charge in [0.25, 0.3) is 0 Å². The molecule has 0 aliphatic carbocycles. The number of hydrogen-bond donors (Lipinski definition) is 0. The minimum Gasteiger partial charge on any atom is -0.550 e. The first-order valence-corrected chi connectivity index (χ1v) is 2.16. The van der Waals surface area contributed by atoms with E-state index in [-0.39, 0.29) is 29.6 Å². The standard InChI is InChI=1S/C8H16O2.Na/c1-2-3-4-5-6-7-8(9)10;/h2-7H2,1H3,(H,9,10);/q;+1/p-1/i1D3,2D2,3D2,4D2,5D2,6D2,7D2;. The maximum absolute atomic E-state index is 10.8. The largest absolute Gasteiger partial charge is 1.00 e. The molecule has 0 amide bonds. The third-order valence-electron chi connectivity index (χ3n) is 0.415.